The highest BCUT2D eigenvalue weighted by atomic mass is 15.1. The first kappa shape index (κ1) is 12.5. The van der Waals surface area contributed by atoms with Gasteiger partial charge in [0.15, 0.2) is 0 Å². The van der Waals surface area contributed by atoms with Gasteiger partial charge in [-0.25, -0.2) is 0 Å². The molecule has 19 heavy (non-hydrogen) atoms. The van der Waals surface area contributed by atoms with E-state index in [1.165, 1.54) is 37.7 Å². The van der Waals surface area contributed by atoms with E-state index in [1.807, 2.05) is 0 Å². The Kier molecular flexibility index (Phi) is 3.70. The van der Waals surface area contributed by atoms with Crippen LogP contribution < -0.4 is 10.2 Å². The Hall–Kier alpha value is -1.53. The zero-order chi connectivity index (χ0) is 13.1. The second kappa shape index (κ2) is 5.63. The molecular weight excluding hydrogens is 234 g/mol. The van der Waals surface area contributed by atoms with Gasteiger partial charge in [-0.05, 0) is 49.8 Å². The van der Waals surface area contributed by atoms with Gasteiger partial charge < -0.3 is 10.2 Å². The van der Waals surface area contributed by atoms with Gasteiger partial charge in [-0.1, -0.05) is 6.07 Å². The van der Waals surface area contributed by atoms with Crippen LogP contribution in [0.4, 0.5) is 5.69 Å². The predicted octanol–water partition coefficient (Wildman–Crippen LogP) is 2.80. The van der Waals surface area contributed by atoms with Gasteiger partial charge in [0.05, 0.1) is 11.3 Å². The molecule has 3 heteroatoms. The largest absolute Gasteiger partial charge is 0.370 e. The Morgan fingerprint density at radius 1 is 1.21 bits per heavy atom. The molecule has 0 spiro atoms. The van der Waals surface area contributed by atoms with E-state index in [2.05, 4.69) is 34.5 Å². The Labute approximate surface area is 115 Å². The van der Waals surface area contributed by atoms with Crippen LogP contribution in [0.25, 0.3) is 0 Å². The summed E-state index contributed by atoms with van der Waals surface area (Å²) in [6.45, 7) is 3.07. The van der Waals surface area contributed by atoms with Crippen molar-refractivity contribution in [3.8, 4) is 6.07 Å². The molecule has 1 N–H and O–H groups in total. The van der Waals surface area contributed by atoms with E-state index in [9.17, 15) is 5.26 Å². The van der Waals surface area contributed by atoms with Crippen LogP contribution in [-0.2, 0) is 6.54 Å². The van der Waals surface area contributed by atoms with E-state index in [-0.39, 0.29) is 0 Å². The van der Waals surface area contributed by atoms with Crippen LogP contribution in [0.5, 0.6) is 0 Å². The smallest absolute Gasteiger partial charge is 0.101 e. The maximum absolute atomic E-state index is 9.37. The van der Waals surface area contributed by atoms with Crippen LogP contribution >= 0.6 is 0 Å². The first-order valence-corrected chi connectivity index (χ1v) is 7.38. The van der Waals surface area contributed by atoms with Crippen LogP contribution in [0.15, 0.2) is 18.2 Å². The van der Waals surface area contributed by atoms with Crippen LogP contribution in [0, 0.1) is 11.3 Å². The average molecular weight is 255 g/mol. The van der Waals surface area contributed by atoms with E-state index in [1.54, 1.807) is 0 Å². The zero-order valence-electron chi connectivity index (χ0n) is 11.4. The SMILES string of the molecule is N#Cc1cc(CNC2CC2)ccc1N1CCCCC1. The number of hydrogen-bond acceptors (Lipinski definition) is 3. The quantitative estimate of drug-likeness (QED) is 0.899. The summed E-state index contributed by atoms with van der Waals surface area (Å²) < 4.78 is 0. The van der Waals surface area contributed by atoms with Gasteiger partial charge in [0, 0.05) is 25.7 Å². The fourth-order valence-corrected chi connectivity index (χ4v) is 2.74. The van der Waals surface area contributed by atoms with Crippen molar-refractivity contribution in [2.24, 2.45) is 0 Å². The molecule has 100 valence electrons. The summed E-state index contributed by atoms with van der Waals surface area (Å²) in [6, 6.07) is 9.44. The summed E-state index contributed by atoms with van der Waals surface area (Å²) in [6.07, 6.45) is 6.42. The molecule has 1 aliphatic heterocycles. The van der Waals surface area contributed by atoms with Crippen molar-refractivity contribution in [2.75, 3.05) is 18.0 Å². The number of nitriles is 1. The van der Waals surface area contributed by atoms with Gasteiger partial charge >= 0.3 is 0 Å². The minimum atomic E-state index is 0.715. The third-order valence-electron chi connectivity index (χ3n) is 4.05. The lowest BCUT2D eigenvalue weighted by molar-refractivity contribution is 0.577. The van der Waals surface area contributed by atoms with Gasteiger partial charge in [-0.3, -0.25) is 0 Å². The summed E-state index contributed by atoms with van der Waals surface area (Å²) in [7, 11) is 0. The normalized spacial score (nSPS) is 19.2. The topological polar surface area (TPSA) is 39.1 Å². The molecule has 1 saturated carbocycles. The maximum atomic E-state index is 9.37. The lowest BCUT2D eigenvalue weighted by Gasteiger charge is -2.29. The number of nitrogens with one attached hydrogen (secondary N) is 1. The summed E-state index contributed by atoms with van der Waals surface area (Å²) in [5, 5.41) is 12.9. The highest BCUT2D eigenvalue weighted by Crippen LogP contribution is 2.25. The van der Waals surface area contributed by atoms with Gasteiger partial charge in [-0.2, -0.15) is 5.26 Å². The predicted molar refractivity (Wildman–Crippen MR) is 77.1 cm³/mol. The summed E-state index contributed by atoms with van der Waals surface area (Å²) >= 11 is 0. The number of rotatable bonds is 4. The summed E-state index contributed by atoms with van der Waals surface area (Å²) in [4.78, 5) is 2.36. The highest BCUT2D eigenvalue weighted by molar-refractivity contribution is 5.60. The Bertz CT molecular complexity index is 479. The fourth-order valence-electron chi connectivity index (χ4n) is 2.74. The molecule has 1 aromatic carbocycles. The minimum Gasteiger partial charge on any atom is -0.370 e. The van der Waals surface area contributed by atoms with Gasteiger partial charge in [0.2, 0.25) is 0 Å². The van der Waals surface area contributed by atoms with Crippen molar-refractivity contribution in [3.05, 3.63) is 29.3 Å². The molecule has 2 aliphatic rings. The summed E-state index contributed by atoms with van der Waals surface area (Å²) in [5.41, 5.74) is 3.18. The van der Waals surface area contributed by atoms with Crippen LogP contribution in [0.1, 0.15) is 43.2 Å². The van der Waals surface area contributed by atoms with Crippen molar-refractivity contribution in [2.45, 2.75) is 44.7 Å². The van der Waals surface area contributed by atoms with E-state index < -0.39 is 0 Å². The van der Waals surface area contributed by atoms with Gasteiger partial charge in [0.25, 0.3) is 0 Å². The molecule has 3 rings (SSSR count). The van der Waals surface area contributed by atoms with Crippen molar-refractivity contribution in [1.82, 2.24) is 5.32 Å². The van der Waals surface area contributed by atoms with Crippen molar-refractivity contribution in [1.29, 1.82) is 5.26 Å². The molecule has 1 aromatic rings. The third kappa shape index (κ3) is 3.08. The molecular formula is C16H21N3. The molecule has 0 aromatic heterocycles. The third-order valence-corrected chi connectivity index (χ3v) is 4.05. The van der Waals surface area contributed by atoms with E-state index in [0.717, 1.165) is 30.9 Å². The molecule has 0 radical (unpaired) electrons. The lowest BCUT2D eigenvalue weighted by Crippen LogP contribution is -2.30. The molecule has 2 fully saturated rings. The fraction of sp³-hybridized carbons (Fsp3) is 0.562. The van der Waals surface area contributed by atoms with Crippen molar-refractivity contribution in [3.63, 3.8) is 0 Å². The number of hydrogen-bond donors (Lipinski definition) is 1. The average Bonchev–Trinajstić information content (AvgIpc) is 3.30. The first-order chi connectivity index (χ1) is 9.36. The van der Waals surface area contributed by atoms with Crippen molar-refractivity contribution >= 4 is 5.69 Å². The van der Waals surface area contributed by atoms with E-state index in [4.69, 9.17) is 0 Å². The summed E-state index contributed by atoms with van der Waals surface area (Å²) in [5.74, 6) is 0. The second-order valence-corrected chi connectivity index (χ2v) is 5.67. The Balaban J connectivity index is 1.74. The number of anilines is 1. The van der Waals surface area contributed by atoms with E-state index in [0.29, 0.717) is 6.04 Å². The molecule has 0 bridgehead atoms. The number of nitrogens with zero attached hydrogens (tertiary/aromatic N) is 2. The monoisotopic (exact) mass is 255 g/mol. The van der Waals surface area contributed by atoms with Crippen LogP contribution in [0.2, 0.25) is 0 Å². The van der Waals surface area contributed by atoms with E-state index >= 15 is 0 Å². The standard InChI is InChI=1S/C16H21N3/c17-11-14-10-13(12-18-15-5-6-15)4-7-16(14)19-8-2-1-3-9-19/h4,7,10,15,18H,1-3,5-6,8-9,12H2. The van der Waals surface area contributed by atoms with Gasteiger partial charge in [-0.15, -0.1) is 0 Å². The Morgan fingerprint density at radius 3 is 2.68 bits per heavy atom. The molecule has 1 saturated heterocycles. The highest BCUT2D eigenvalue weighted by Gasteiger charge is 2.20. The lowest BCUT2D eigenvalue weighted by atomic mass is 10.1. The number of piperidine rings is 1. The zero-order valence-corrected chi connectivity index (χ0v) is 11.4. The first-order valence-electron chi connectivity index (χ1n) is 7.38. The molecule has 0 unspecified atom stereocenters. The van der Waals surface area contributed by atoms with Crippen LogP contribution in [-0.4, -0.2) is 19.1 Å². The Morgan fingerprint density at radius 2 is 2.00 bits per heavy atom. The molecule has 1 heterocycles. The maximum Gasteiger partial charge on any atom is 0.101 e. The second-order valence-electron chi connectivity index (χ2n) is 5.67. The molecule has 0 atom stereocenters. The molecule has 0 amide bonds. The molecule has 3 nitrogen and oxygen atoms in total. The number of benzene rings is 1. The minimum absolute atomic E-state index is 0.715. The van der Waals surface area contributed by atoms with Gasteiger partial charge in [0.1, 0.15) is 6.07 Å². The van der Waals surface area contributed by atoms with Crippen LogP contribution in [0.3, 0.4) is 0 Å². The van der Waals surface area contributed by atoms with Crippen molar-refractivity contribution < 1.29 is 0 Å². The molecule has 1 aliphatic carbocycles.